The van der Waals surface area contributed by atoms with E-state index in [9.17, 15) is 19.5 Å². The molecule has 0 aliphatic carbocycles. The maximum Gasteiger partial charge on any atom is 1.00 e. The molecule has 1 aromatic heterocycles. The van der Waals surface area contributed by atoms with Crippen LogP contribution in [0.2, 0.25) is 0 Å². The van der Waals surface area contributed by atoms with E-state index in [1.165, 1.54) is 30.2 Å². The molecule has 0 spiro atoms. The van der Waals surface area contributed by atoms with Crippen LogP contribution in [-0.2, 0) is 25.5 Å². The third kappa shape index (κ3) is 3.74. The van der Waals surface area contributed by atoms with E-state index in [2.05, 4.69) is 5.32 Å². The van der Waals surface area contributed by atoms with Crippen molar-refractivity contribution >= 4 is 40.9 Å². The van der Waals surface area contributed by atoms with Crippen LogP contribution in [0.4, 0.5) is 0 Å². The van der Waals surface area contributed by atoms with Crippen molar-refractivity contribution in [2.75, 3.05) is 7.11 Å². The van der Waals surface area contributed by atoms with Crippen LogP contribution in [0.15, 0.2) is 28.9 Å². The maximum atomic E-state index is 12.3. The second-order valence-electron chi connectivity index (χ2n) is 5.20. The molecule has 1 saturated heterocycles. The van der Waals surface area contributed by atoms with Crippen molar-refractivity contribution in [1.29, 1.82) is 0 Å². The number of aliphatic carboxylic acids is 1. The number of carbonyl (C=O) groups is 3. The number of thioether (sulfide) groups is 1. The Labute approximate surface area is 174 Å². The number of carboxylic acids is 1. The Hall–Kier alpha value is -1.04. The summed E-state index contributed by atoms with van der Waals surface area (Å²) < 4.78 is 5.15. The van der Waals surface area contributed by atoms with Crippen LogP contribution in [0.1, 0.15) is 4.88 Å². The van der Waals surface area contributed by atoms with Crippen molar-refractivity contribution in [3.63, 3.8) is 0 Å². The van der Waals surface area contributed by atoms with Crippen LogP contribution in [0.25, 0.3) is 0 Å². The first-order valence-corrected chi connectivity index (χ1v) is 8.80. The van der Waals surface area contributed by atoms with Crippen LogP contribution in [-0.4, -0.2) is 46.6 Å². The molecule has 0 bridgehead atoms. The molecule has 2 aliphatic heterocycles. The molecule has 3 heterocycles. The molecular formula is C14H14N3NaO5S2. The molecule has 3 N–H and O–H groups in total. The molecule has 0 radical (unpaired) electrons. The Morgan fingerprint density at radius 2 is 2.20 bits per heavy atom. The monoisotopic (exact) mass is 391 g/mol. The van der Waals surface area contributed by atoms with Crippen molar-refractivity contribution in [3.05, 3.63) is 33.8 Å². The average Bonchev–Trinajstić information content (AvgIpc) is 3.04. The van der Waals surface area contributed by atoms with Gasteiger partial charge in [0.1, 0.15) is 16.9 Å². The first kappa shape index (κ1) is 20.3. The van der Waals surface area contributed by atoms with Crippen molar-refractivity contribution in [2.24, 2.45) is 5.73 Å². The fourth-order valence-corrected chi connectivity index (χ4v) is 4.62. The van der Waals surface area contributed by atoms with Crippen molar-refractivity contribution in [2.45, 2.75) is 23.3 Å². The molecule has 25 heavy (non-hydrogen) atoms. The van der Waals surface area contributed by atoms with Gasteiger partial charge >= 0.3 is 29.6 Å². The summed E-state index contributed by atoms with van der Waals surface area (Å²) in [5, 5.41) is 15.2. The van der Waals surface area contributed by atoms with Gasteiger partial charge in [0.25, 0.3) is 5.91 Å². The minimum absolute atomic E-state index is 0. The molecule has 128 valence electrons. The van der Waals surface area contributed by atoms with Crippen molar-refractivity contribution in [3.8, 4) is 0 Å². The summed E-state index contributed by atoms with van der Waals surface area (Å²) in [7, 11) is 1.39. The van der Waals surface area contributed by atoms with E-state index in [1.807, 2.05) is 17.5 Å². The summed E-state index contributed by atoms with van der Waals surface area (Å²) in [6.45, 7) is 0. The molecule has 0 aromatic carbocycles. The number of carboxylic acid groups (broad SMARTS) is 1. The number of thiophene rings is 1. The normalized spacial score (nSPS) is 24.9. The van der Waals surface area contributed by atoms with Gasteiger partial charge in [-0.05, 0) is 11.4 Å². The summed E-state index contributed by atoms with van der Waals surface area (Å²) in [6, 6.07) is 2.85. The van der Waals surface area contributed by atoms with E-state index < -0.39 is 28.7 Å². The Morgan fingerprint density at radius 1 is 1.48 bits per heavy atom. The average molecular weight is 391 g/mol. The van der Waals surface area contributed by atoms with Gasteiger partial charge in [-0.3, -0.25) is 14.5 Å². The number of methoxy groups -OCH3 is 1. The number of amides is 2. The van der Waals surface area contributed by atoms with E-state index in [-0.39, 0.29) is 53.3 Å². The smallest absolute Gasteiger partial charge is 0.543 e. The van der Waals surface area contributed by atoms with E-state index in [0.29, 0.717) is 0 Å². The Bertz CT molecular complexity index is 724. The zero-order valence-corrected chi connectivity index (χ0v) is 17.2. The third-order valence-electron chi connectivity index (χ3n) is 3.71. The fourth-order valence-electron chi connectivity index (χ4n) is 2.62. The van der Waals surface area contributed by atoms with Gasteiger partial charge in [0, 0.05) is 12.0 Å². The van der Waals surface area contributed by atoms with Crippen LogP contribution >= 0.6 is 23.1 Å². The first-order chi connectivity index (χ1) is 11.4. The van der Waals surface area contributed by atoms with Gasteiger partial charge < -0.3 is 25.7 Å². The number of nitrogens with zero attached hydrogens (tertiary/aromatic N) is 1. The summed E-state index contributed by atoms with van der Waals surface area (Å²) in [5.41, 5.74) is 4.57. The van der Waals surface area contributed by atoms with Gasteiger partial charge in [-0.1, -0.05) is 17.8 Å². The largest absolute Gasteiger partial charge is 1.00 e. The number of hydrogen-bond acceptors (Lipinski definition) is 8. The zero-order valence-electron chi connectivity index (χ0n) is 13.6. The number of β-lactam (4-membered cyclic amide) rings is 1. The number of nitrogens with two attached hydrogens (primary N) is 1. The molecule has 0 saturated carbocycles. The van der Waals surface area contributed by atoms with Crippen LogP contribution in [0.5, 0.6) is 0 Å². The number of fused-ring (bicyclic) bond motifs is 1. The van der Waals surface area contributed by atoms with Gasteiger partial charge in [-0.25, -0.2) is 0 Å². The molecular weight excluding hydrogens is 377 g/mol. The summed E-state index contributed by atoms with van der Waals surface area (Å²) in [4.78, 5) is 37.6. The van der Waals surface area contributed by atoms with E-state index in [4.69, 9.17) is 10.5 Å². The molecule has 8 nitrogen and oxygen atoms in total. The number of ether oxygens (including phenoxy) is 1. The minimum Gasteiger partial charge on any atom is -0.543 e. The minimum atomic E-state index is -1.54. The SMILES string of the molecule is COC1S[C@@H]2[C@H](NC(=O)Cc3cccs3)C(=O)N2C(C(=O)[O-])=C1N.[Na+]. The molecule has 11 heteroatoms. The Morgan fingerprint density at radius 3 is 2.76 bits per heavy atom. The first-order valence-electron chi connectivity index (χ1n) is 6.98. The molecule has 3 atom stereocenters. The topological polar surface area (TPSA) is 125 Å². The third-order valence-corrected chi connectivity index (χ3v) is 6.05. The van der Waals surface area contributed by atoms with Gasteiger partial charge in [-0.2, -0.15) is 0 Å². The number of nitrogens with one attached hydrogen (secondary N) is 1. The summed E-state index contributed by atoms with van der Waals surface area (Å²) in [6.07, 6.45) is 0.165. The van der Waals surface area contributed by atoms with Crippen LogP contribution < -0.4 is 45.7 Å². The van der Waals surface area contributed by atoms with Gasteiger partial charge in [0.15, 0.2) is 0 Å². The molecule has 2 aliphatic rings. The number of rotatable bonds is 5. The maximum absolute atomic E-state index is 12.3. The quantitative estimate of drug-likeness (QED) is 0.383. The van der Waals surface area contributed by atoms with Crippen molar-refractivity contribution in [1.82, 2.24) is 10.2 Å². The summed E-state index contributed by atoms with van der Waals surface area (Å²) >= 11 is 2.61. The van der Waals surface area contributed by atoms with Crippen LogP contribution in [0, 0.1) is 0 Å². The fraction of sp³-hybridized carbons (Fsp3) is 0.357. The Balaban J connectivity index is 0.00000225. The second-order valence-corrected chi connectivity index (χ2v) is 7.41. The van der Waals surface area contributed by atoms with Crippen LogP contribution in [0.3, 0.4) is 0 Å². The Kier molecular flexibility index (Phi) is 6.57. The predicted octanol–water partition coefficient (Wildman–Crippen LogP) is -4.41. The molecule has 3 rings (SSSR count). The van der Waals surface area contributed by atoms with Gasteiger partial charge in [0.2, 0.25) is 5.91 Å². The van der Waals surface area contributed by atoms with Crippen molar-refractivity contribution < 1.29 is 53.8 Å². The number of hydrogen-bond donors (Lipinski definition) is 2. The van der Waals surface area contributed by atoms with E-state index in [1.54, 1.807) is 0 Å². The van der Waals surface area contributed by atoms with Gasteiger partial charge in [0.05, 0.1) is 23.8 Å². The van der Waals surface area contributed by atoms with E-state index >= 15 is 0 Å². The second kappa shape index (κ2) is 8.11. The molecule has 1 fully saturated rings. The predicted molar refractivity (Wildman–Crippen MR) is 85.2 cm³/mol. The molecule has 2 amide bonds. The zero-order chi connectivity index (χ0) is 17.4. The molecule has 1 aromatic rings. The van der Waals surface area contributed by atoms with Gasteiger partial charge in [-0.15, -0.1) is 11.3 Å². The van der Waals surface area contributed by atoms with E-state index in [0.717, 1.165) is 9.78 Å². The molecule has 1 unspecified atom stereocenters. The number of carbonyl (C=O) groups excluding carboxylic acids is 3. The standard InChI is InChI=1S/C14H15N3O5S2.Na/c1-22-14-8(15)10(13(20)21)17-11(19)9(12(17)24-14)16-7(18)5-6-3-2-4-23-6;/h2-4,9,12,14H,5,15H2,1H3,(H,16,18)(H,20,21);/q;+1/p-1/t9-,12-,14?;/m1./s1. The summed E-state index contributed by atoms with van der Waals surface area (Å²) in [5.74, 6) is -2.37.